The maximum atomic E-state index is 12.8. The Morgan fingerprint density at radius 2 is 1.66 bits per heavy atom. The molecule has 0 saturated carbocycles. The summed E-state index contributed by atoms with van der Waals surface area (Å²) < 4.78 is 0. The summed E-state index contributed by atoms with van der Waals surface area (Å²) in [5.41, 5.74) is 8.38. The van der Waals surface area contributed by atoms with E-state index in [9.17, 15) is 4.79 Å². The summed E-state index contributed by atoms with van der Waals surface area (Å²) in [4.78, 5) is 17.0. The summed E-state index contributed by atoms with van der Waals surface area (Å²) in [5, 5.41) is 1.45. The van der Waals surface area contributed by atoms with Gasteiger partial charge in [-0.15, -0.1) is 0 Å². The van der Waals surface area contributed by atoms with Crippen LogP contribution in [0, 0.1) is 5.92 Å². The lowest BCUT2D eigenvalue weighted by atomic mass is 9.95. The van der Waals surface area contributed by atoms with Gasteiger partial charge in [0, 0.05) is 36.2 Å². The molecule has 1 aliphatic rings. The van der Waals surface area contributed by atoms with Crippen molar-refractivity contribution < 1.29 is 4.79 Å². The molecule has 3 rings (SSSR count). The number of carbonyl (C=O) groups excluding carboxylic acids is 1. The Morgan fingerprint density at radius 1 is 1.03 bits per heavy atom. The van der Waals surface area contributed by atoms with Crippen molar-refractivity contribution in [2.24, 2.45) is 11.7 Å². The van der Waals surface area contributed by atoms with Crippen molar-refractivity contribution in [2.45, 2.75) is 32.4 Å². The standard InChI is InChI=1S/C23H29Cl2N3O/c1-3-16(2)21(26)23(29)28-14-12-27(13-15-28)22(17-8-10-18(24)11-9-17)19-6-4-5-7-20(19)25/h4-11,16,21-22H,3,12-15,26H2,1-2H3/t16?,21-,22?/m0/s1. The Hall–Kier alpha value is -1.59. The maximum absolute atomic E-state index is 12.8. The number of rotatable bonds is 6. The van der Waals surface area contributed by atoms with E-state index in [2.05, 4.69) is 17.9 Å². The van der Waals surface area contributed by atoms with Crippen LogP contribution in [0.4, 0.5) is 0 Å². The number of hydrogen-bond acceptors (Lipinski definition) is 3. The Labute approximate surface area is 183 Å². The Bertz CT molecular complexity index is 819. The predicted octanol–water partition coefficient (Wildman–Crippen LogP) is 4.60. The van der Waals surface area contributed by atoms with Crippen molar-refractivity contribution >= 4 is 29.1 Å². The van der Waals surface area contributed by atoms with E-state index in [1.54, 1.807) is 0 Å². The molecular weight excluding hydrogens is 405 g/mol. The van der Waals surface area contributed by atoms with E-state index >= 15 is 0 Å². The van der Waals surface area contributed by atoms with Gasteiger partial charge in [0.2, 0.25) is 5.91 Å². The molecule has 0 radical (unpaired) electrons. The second-order valence-corrected chi connectivity index (χ2v) is 8.59. The van der Waals surface area contributed by atoms with Gasteiger partial charge in [-0.3, -0.25) is 9.69 Å². The topological polar surface area (TPSA) is 49.6 Å². The first-order valence-corrected chi connectivity index (χ1v) is 11.0. The van der Waals surface area contributed by atoms with E-state index < -0.39 is 6.04 Å². The second-order valence-electron chi connectivity index (χ2n) is 7.75. The monoisotopic (exact) mass is 433 g/mol. The first-order chi connectivity index (χ1) is 13.9. The highest BCUT2D eigenvalue weighted by Gasteiger charge is 2.31. The smallest absolute Gasteiger partial charge is 0.239 e. The molecular formula is C23H29Cl2N3O. The van der Waals surface area contributed by atoms with E-state index in [1.165, 1.54) is 0 Å². The third-order valence-corrected chi connectivity index (χ3v) is 6.51. The lowest BCUT2D eigenvalue weighted by Gasteiger charge is -2.41. The van der Waals surface area contributed by atoms with Gasteiger partial charge in [-0.1, -0.05) is 73.8 Å². The van der Waals surface area contributed by atoms with E-state index in [4.69, 9.17) is 28.9 Å². The molecule has 6 heteroatoms. The number of piperazine rings is 1. The number of halogens is 2. The van der Waals surface area contributed by atoms with Gasteiger partial charge in [0.25, 0.3) is 0 Å². The normalized spacial score (nSPS) is 18.3. The highest BCUT2D eigenvalue weighted by Crippen LogP contribution is 2.34. The molecule has 0 bridgehead atoms. The molecule has 1 saturated heterocycles. The summed E-state index contributed by atoms with van der Waals surface area (Å²) in [6.45, 7) is 6.95. The van der Waals surface area contributed by atoms with Crippen LogP contribution in [0.5, 0.6) is 0 Å². The molecule has 2 aromatic carbocycles. The van der Waals surface area contributed by atoms with Gasteiger partial charge in [0.15, 0.2) is 0 Å². The minimum absolute atomic E-state index is 0.0152. The average Bonchev–Trinajstić information content (AvgIpc) is 2.75. The van der Waals surface area contributed by atoms with Crippen LogP contribution in [-0.4, -0.2) is 47.9 Å². The van der Waals surface area contributed by atoms with Crippen LogP contribution >= 0.6 is 23.2 Å². The predicted molar refractivity (Wildman–Crippen MR) is 120 cm³/mol. The van der Waals surface area contributed by atoms with Crippen LogP contribution in [-0.2, 0) is 4.79 Å². The van der Waals surface area contributed by atoms with Crippen molar-refractivity contribution in [1.29, 1.82) is 0 Å². The van der Waals surface area contributed by atoms with E-state index in [0.29, 0.717) is 18.1 Å². The van der Waals surface area contributed by atoms with E-state index in [-0.39, 0.29) is 17.9 Å². The van der Waals surface area contributed by atoms with Crippen molar-refractivity contribution in [3.8, 4) is 0 Å². The van der Waals surface area contributed by atoms with Gasteiger partial charge in [-0.05, 0) is 35.2 Å². The Balaban J connectivity index is 1.79. The SMILES string of the molecule is CCC(C)[C@H](N)C(=O)N1CCN(C(c2ccc(Cl)cc2)c2ccccc2Cl)CC1. The summed E-state index contributed by atoms with van der Waals surface area (Å²) in [6, 6.07) is 15.4. The van der Waals surface area contributed by atoms with Crippen molar-refractivity contribution in [1.82, 2.24) is 9.80 Å². The summed E-state index contributed by atoms with van der Waals surface area (Å²) >= 11 is 12.7. The third-order valence-electron chi connectivity index (χ3n) is 5.92. The number of nitrogens with zero attached hydrogens (tertiary/aromatic N) is 2. The molecule has 1 heterocycles. The first-order valence-electron chi connectivity index (χ1n) is 10.2. The minimum Gasteiger partial charge on any atom is -0.339 e. The van der Waals surface area contributed by atoms with E-state index in [0.717, 1.165) is 35.7 Å². The highest BCUT2D eigenvalue weighted by molar-refractivity contribution is 6.31. The van der Waals surface area contributed by atoms with Gasteiger partial charge in [0.05, 0.1) is 12.1 Å². The lowest BCUT2D eigenvalue weighted by molar-refractivity contribution is -0.135. The largest absolute Gasteiger partial charge is 0.339 e. The lowest BCUT2D eigenvalue weighted by Crippen LogP contribution is -2.55. The zero-order valence-corrected chi connectivity index (χ0v) is 18.5. The van der Waals surface area contributed by atoms with Gasteiger partial charge in [0.1, 0.15) is 0 Å². The van der Waals surface area contributed by atoms with Gasteiger partial charge in [-0.25, -0.2) is 0 Å². The number of benzene rings is 2. The molecule has 1 aliphatic heterocycles. The molecule has 2 N–H and O–H groups in total. The van der Waals surface area contributed by atoms with Crippen molar-refractivity contribution in [2.75, 3.05) is 26.2 Å². The number of nitrogens with two attached hydrogens (primary N) is 1. The quantitative estimate of drug-likeness (QED) is 0.723. The highest BCUT2D eigenvalue weighted by atomic mass is 35.5. The summed E-state index contributed by atoms with van der Waals surface area (Å²) in [5.74, 6) is 0.241. The molecule has 0 aromatic heterocycles. The molecule has 1 fully saturated rings. The molecule has 2 unspecified atom stereocenters. The third kappa shape index (κ3) is 5.13. The number of amides is 1. The Kier molecular flexibility index (Phi) is 7.58. The number of carbonyl (C=O) groups is 1. The minimum atomic E-state index is -0.429. The van der Waals surface area contributed by atoms with Crippen LogP contribution in [0.15, 0.2) is 48.5 Å². The van der Waals surface area contributed by atoms with Crippen LogP contribution in [0.2, 0.25) is 10.0 Å². The molecule has 4 nitrogen and oxygen atoms in total. The van der Waals surface area contributed by atoms with Crippen LogP contribution in [0.1, 0.15) is 37.4 Å². The second kappa shape index (κ2) is 9.94. The summed E-state index contributed by atoms with van der Waals surface area (Å²) in [6.07, 6.45) is 0.901. The zero-order chi connectivity index (χ0) is 21.0. The fourth-order valence-corrected chi connectivity index (χ4v) is 4.20. The fraction of sp³-hybridized carbons (Fsp3) is 0.435. The fourth-order valence-electron chi connectivity index (χ4n) is 3.84. The van der Waals surface area contributed by atoms with Gasteiger partial charge < -0.3 is 10.6 Å². The molecule has 2 aromatic rings. The Morgan fingerprint density at radius 3 is 2.24 bits per heavy atom. The average molecular weight is 434 g/mol. The van der Waals surface area contributed by atoms with Crippen molar-refractivity contribution in [3.05, 3.63) is 69.7 Å². The molecule has 29 heavy (non-hydrogen) atoms. The molecule has 0 spiro atoms. The first kappa shape index (κ1) is 22.1. The van der Waals surface area contributed by atoms with E-state index in [1.807, 2.05) is 54.3 Å². The van der Waals surface area contributed by atoms with Gasteiger partial charge in [-0.2, -0.15) is 0 Å². The van der Waals surface area contributed by atoms with Crippen LogP contribution < -0.4 is 5.73 Å². The van der Waals surface area contributed by atoms with Crippen molar-refractivity contribution in [3.63, 3.8) is 0 Å². The molecule has 3 atom stereocenters. The molecule has 1 amide bonds. The van der Waals surface area contributed by atoms with Crippen LogP contribution in [0.3, 0.4) is 0 Å². The number of hydrogen-bond donors (Lipinski definition) is 1. The van der Waals surface area contributed by atoms with Gasteiger partial charge >= 0.3 is 0 Å². The zero-order valence-electron chi connectivity index (χ0n) is 17.0. The van der Waals surface area contributed by atoms with Crippen LogP contribution in [0.25, 0.3) is 0 Å². The molecule has 0 aliphatic carbocycles. The summed E-state index contributed by atoms with van der Waals surface area (Å²) in [7, 11) is 0. The molecule has 156 valence electrons. The maximum Gasteiger partial charge on any atom is 0.239 e.